The number of carbonyl (C=O) groups is 2. The summed E-state index contributed by atoms with van der Waals surface area (Å²) >= 11 is 0. The van der Waals surface area contributed by atoms with Crippen molar-refractivity contribution >= 4 is 11.9 Å². The third kappa shape index (κ3) is 71.4. The van der Waals surface area contributed by atoms with Gasteiger partial charge in [-0.05, 0) is 26.7 Å². The van der Waals surface area contributed by atoms with Gasteiger partial charge >= 0.3 is 21.1 Å². The number of nitrogens with two attached hydrogens (primary N) is 1. The summed E-state index contributed by atoms with van der Waals surface area (Å²) in [4.78, 5) is 17.8. The first-order chi connectivity index (χ1) is 6.86. The average Bonchev–Trinajstić information content (AvgIpc) is 2.03. The smallest absolute Gasteiger partial charge is 1.00 e. The molecule has 0 bridgehead atoms. The van der Waals surface area contributed by atoms with Crippen LogP contribution in [0.5, 0.6) is 0 Å². The quantitative estimate of drug-likeness (QED) is 0.339. The molecule has 1 rings (SSSR count). The van der Waals surface area contributed by atoms with Crippen molar-refractivity contribution in [2.24, 2.45) is 5.73 Å². The Hall–Kier alpha value is 0.128. The SMILES string of the molecule is CC(=O)[O-].CC(=O)[O-].N.NC1CCCCC1.[Cl-].[Cl-].[Pt+4]. The predicted molar refractivity (Wildman–Crippen MR) is 57.4 cm³/mol. The maximum Gasteiger partial charge on any atom is 4.00 e. The zero-order valence-corrected chi connectivity index (χ0v) is 14.9. The molecule has 1 aliphatic rings. The second-order valence-corrected chi connectivity index (χ2v) is 3.38. The van der Waals surface area contributed by atoms with Crippen molar-refractivity contribution in [1.29, 1.82) is 0 Å². The van der Waals surface area contributed by atoms with Crippen molar-refractivity contribution in [3.05, 3.63) is 0 Å². The van der Waals surface area contributed by atoms with E-state index in [0.29, 0.717) is 6.04 Å². The maximum atomic E-state index is 8.89. The van der Waals surface area contributed by atoms with Crippen LogP contribution < -0.4 is 46.9 Å². The number of hydrogen-bond acceptors (Lipinski definition) is 6. The van der Waals surface area contributed by atoms with E-state index in [2.05, 4.69) is 0 Å². The largest absolute Gasteiger partial charge is 4.00 e. The zero-order chi connectivity index (χ0) is 12.3. The van der Waals surface area contributed by atoms with Gasteiger partial charge in [0.05, 0.1) is 0 Å². The van der Waals surface area contributed by atoms with E-state index in [1.165, 1.54) is 32.1 Å². The van der Waals surface area contributed by atoms with Crippen molar-refractivity contribution in [3.8, 4) is 0 Å². The van der Waals surface area contributed by atoms with Crippen LogP contribution in [0.25, 0.3) is 0 Å². The molecule has 1 saturated carbocycles. The number of carbonyl (C=O) groups excluding carboxylic acids is 2. The van der Waals surface area contributed by atoms with Crippen LogP contribution in [0.4, 0.5) is 0 Å². The summed E-state index contributed by atoms with van der Waals surface area (Å²) in [6.45, 7) is 1.94. The third-order valence-corrected chi connectivity index (χ3v) is 1.65. The Morgan fingerprint density at radius 3 is 1.26 bits per heavy atom. The van der Waals surface area contributed by atoms with Gasteiger partial charge in [-0.2, -0.15) is 0 Å². The molecule has 0 saturated heterocycles. The molecule has 0 aromatic rings. The summed E-state index contributed by atoms with van der Waals surface area (Å²) in [6, 6.07) is 0.536. The van der Waals surface area contributed by atoms with Crippen molar-refractivity contribution in [3.63, 3.8) is 0 Å². The normalized spacial score (nSPS) is 11.9. The van der Waals surface area contributed by atoms with E-state index in [-0.39, 0.29) is 52.0 Å². The van der Waals surface area contributed by atoms with E-state index in [1.807, 2.05) is 0 Å². The van der Waals surface area contributed by atoms with Gasteiger partial charge in [0.25, 0.3) is 0 Å². The topological polar surface area (TPSA) is 141 Å². The van der Waals surface area contributed by atoms with Crippen LogP contribution >= 0.6 is 0 Å². The Labute approximate surface area is 141 Å². The summed E-state index contributed by atoms with van der Waals surface area (Å²) in [5.41, 5.74) is 5.63. The van der Waals surface area contributed by atoms with Crippen molar-refractivity contribution in [1.82, 2.24) is 6.15 Å². The van der Waals surface area contributed by atoms with Crippen molar-refractivity contribution in [2.75, 3.05) is 0 Å². The monoisotopic (exact) mass is 499 g/mol. The first-order valence-electron chi connectivity index (χ1n) is 4.97. The molecule has 1 fully saturated rings. The molecule has 0 aromatic carbocycles. The van der Waals surface area contributed by atoms with E-state index in [9.17, 15) is 0 Å². The number of carboxylic acids is 2. The molecular weight excluding hydrogens is 478 g/mol. The maximum absolute atomic E-state index is 8.89. The van der Waals surface area contributed by atoms with Gasteiger partial charge in [-0.15, -0.1) is 0 Å². The molecular formula is C10H22Cl2N2O4Pt. The predicted octanol–water partition coefficient (Wildman–Crippen LogP) is -7.04. The number of carboxylic acid groups (broad SMARTS) is 2. The summed E-state index contributed by atoms with van der Waals surface area (Å²) in [5.74, 6) is -2.17. The van der Waals surface area contributed by atoms with Crippen LogP contribution in [0, 0.1) is 0 Å². The molecule has 0 aromatic heterocycles. The van der Waals surface area contributed by atoms with Gasteiger partial charge in [0.2, 0.25) is 0 Å². The first kappa shape index (κ1) is 36.5. The molecule has 19 heavy (non-hydrogen) atoms. The molecule has 0 unspecified atom stereocenters. The first-order valence-corrected chi connectivity index (χ1v) is 4.97. The van der Waals surface area contributed by atoms with E-state index in [4.69, 9.17) is 25.5 Å². The molecule has 6 nitrogen and oxygen atoms in total. The Morgan fingerprint density at radius 1 is 0.947 bits per heavy atom. The Balaban J connectivity index is -0.0000000320. The molecule has 9 heteroatoms. The van der Waals surface area contributed by atoms with E-state index in [0.717, 1.165) is 13.8 Å². The Morgan fingerprint density at radius 2 is 1.16 bits per heavy atom. The molecule has 0 atom stereocenters. The molecule has 0 spiro atoms. The molecule has 5 N–H and O–H groups in total. The fraction of sp³-hybridized carbons (Fsp3) is 0.800. The van der Waals surface area contributed by atoms with Crippen LogP contribution in [-0.4, -0.2) is 18.0 Å². The minimum absolute atomic E-state index is 0. The van der Waals surface area contributed by atoms with Gasteiger partial charge in [-0.3, -0.25) is 0 Å². The summed E-state index contributed by atoms with van der Waals surface area (Å²) in [6.07, 6.45) is 6.66. The van der Waals surface area contributed by atoms with Crippen LogP contribution in [0.3, 0.4) is 0 Å². The Kier molecular flexibility index (Phi) is 51.1. The molecule has 0 heterocycles. The molecule has 1 aliphatic carbocycles. The van der Waals surface area contributed by atoms with E-state index >= 15 is 0 Å². The number of aliphatic carboxylic acids is 2. The second kappa shape index (κ2) is 26.6. The fourth-order valence-electron chi connectivity index (χ4n) is 1.13. The molecule has 0 amide bonds. The summed E-state index contributed by atoms with van der Waals surface area (Å²) in [5, 5.41) is 17.8. The average molecular weight is 500 g/mol. The van der Waals surface area contributed by atoms with Crippen molar-refractivity contribution in [2.45, 2.75) is 52.0 Å². The summed E-state index contributed by atoms with van der Waals surface area (Å²) in [7, 11) is 0. The van der Waals surface area contributed by atoms with Gasteiger partial charge in [0, 0.05) is 18.0 Å². The van der Waals surface area contributed by atoms with Crippen LogP contribution in [0.1, 0.15) is 46.0 Å². The zero-order valence-electron chi connectivity index (χ0n) is 11.1. The van der Waals surface area contributed by atoms with Gasteiger partial charge < -0.3 is 56.5 Å². The fourth-order valence-corrected chi connectivity index (χ4v) is 1.13. The minimum atomic E-state index is -1.08. The third-order valence-electron chi connectivity index (χ3n) is 1.65. The van der Waals surface area contributed by atoms with Crippen LogP contribution in [0.15, 0.2) is 0 Å². The van der Waals surface area contributed by atoms with Gasteiger partial charge in [-0.25, -0.2) is 0 Å². The minimum Gasteiger partial charge on any atom is -1.00 e. The van der Waals surface area contributed by atoms with E-state index < -0.39 is 11.9 Å². The number of hydrogen-bond donors (Lipinski definition) is 2. The second-order valence-electron chi connectivity index (χ2n) is 3.38. The number of rotatable bonds is 0. The van der Waals surface area contributed by atoms with Gasteiger partial charge in [0.15, 0.2) is 0 Å². The standard InChI is InChI=1S/C6H13N.2C2H4O2.2ClH.H3N.Pt/c7-6-4-2-1-3-5-6;2*1-2(3)4;;;;/h6H,1-5,7H2;2*1H3,(H,3,4);2*1H;1H3;/q;;;;;;+4/p-4. The van der Waals surface area contributed by atoms with Gasteiger partial charge in [0.1, 0.15) is 0 Å². The Bertz CT molecular complexity index is 174. The van der Waals surface area contributed by atoms with Gasteiger partial charge in [-0.1, -0.05) is 19.3 Å². The molecule has 0 radical (unpaired) electrons. The number of halogens is 2. The van der Waals surface area contributed by atoms with Crippen LogP contribution in [0.2, 0.25) is 0 Å². The van der Waals surface area contributed by atoms with Crippen LogP contribution in [-0.2, 0) is 30.7 Å². The summed E-state index contributed by atoms with van der Waals surface area (Å²) < 4.78 is 0. The van der Waals surface area contributed by atoms with E-state index in [1.54, 1.807) is 0 Å². The van der Waals surface area contributed by atoms with Crippen molar-refractivity contribution < 1.29 is 65.7 Å². The molecule has 120 valence electrons. The molecule has 0 aliphatic heterocycles.